The first-order chi connectivity index (χ1) is 13.1. The highest BCUT2D eigenvalue weighted by Gasteiger charge is 2.28. The van der Waals surface area contributed by atoms with Gasteiger partial charge >= 0.3 is 0 Å². The molecule has 0 radical (unpaired) electrons. The topological polar surface area (TPSA) is 82.0 Å². The van der Waals surface area contributed by atoms with Gasteiger partial charge in [-0.05, 0) is 37.6 Å². The number of nitrogens with zero attached hydrogens (tertiary/aromatic N) is 2. The summed E-state index contributed by atoms with van der Waals surface area (Å²) in [6.07, 6.45) is 9.56. The van der Waals surface area contributed by atoms with Gasteiger partial charge in [-0.25, -0.2) is 0 Å². The van der Waals surface area contributed by atoms with Gasteiger partial charge in [-0.1, -0.05) is 45.4 Å². The van der Waals surface area contributed by atoms with Crippen LogP contribution in [0, 0.1) is 0 Å². The van der Waals surface area contributed by atoms with Crippen molar-refractivity contribution in [1.82, 2.24) is 0 Å². The largest absolute Gasteiger partial charge is 0.515 e. The first kappa shape index (κ1) is 20.7. The molecule has 0 fully saturated rings. The molecule has 2 rings (SSSR count). The predicted octanol–water partition coefficient (Wildman–Crippen LogP) is 4.93. The van der Waals surface area contributed by atoms with Crippen molar-refractivity contribution < 1.29 is 14.7 Å². The van der Waals surface area contributed by atoms with E-state index in [9.17, 15) is 9.59 Å². The number of benzene rings is 1. The van der Waals surface area contributed by atoms with Crippen LogP contribution in [0.2, 0.25) is 0 Å². The summed E-state index contributed by atoms with van der Waals surface area (Å²) in [6, 6.07) is 6.93. The van der Waals surface area contributed by atoms with Gasteiger partial charge in [-0.2, -0.15) is 10.1 Å². The molecule has 27 heavy (non-hydrogen) atoms. The molecule has 1 aliphatic heterocycles. The van der Waals surface area contributed by atoms with Crippen LogP contribution in [0.25, 0.3) is 0 Å². The molecule has 2 N–H and O–H groups in total. The number of aliphatic hydroxyl groups is 1. The number of unbranched alkanes of at least 4 members (excludes halogenated alkanes) is 6. The van der Waals surface area contributed by atoms with Gasteiger partial charge in [-0.3, -0.25) is 9.59 Å². The Hall–Kier alpha value is -2.63. The highest BCUT2D eigenvalue weighted by atomic mass is 16.2. The number of hydrogen-bond acceptors (Lipinski definition) is 4. The molecule has 6 nitrogen and oxygen atoms in total. The van der Waals surface area contributed by atoms with E-state index in [0.717, 1.165) is 19.1 Å². The summed E-state index contributed by atoms with van der Waals surface area (Å²) in [4.78, 5) is 24.2. The molecule has 0 aromatic heterocycles. The summed E-state index contributed by atoms with van der Waals surface area (Å²) < 4.78 is 0. The fourth-order valence-electron chi connectivity index (χ4n) is 2.99. The van der Waals surface area contributed by atoms with Gasteiger partial charge in [0, 0.05) is 12.1 Å². The average molecular weight is 371 g/mol. The van der Waals surface area contributed by atoms with E-state index in [-0.39, 0.29) is 17.4 Å². The zero-order chi connectivity index (χ0) is 19.6. The van der Waals surface area contributed by atoms with Crippen molar-refractivity contribution >= 4 is 28.9 Å². The van der Waals surface area contributed by atoms with Gasteiger partial charge in [-0.15, -0.1) is 0 Å². The first-order valence-electron chi connectivity index (χ1n) is 9.71. The fraction of sp³-hybridized carbons (Fsp3) is 0.476. The Kier molecular flexibility index (Phi) is 8.04. The minimum absolute atomic E-state index is 0.00734. The lowest BCUT2D eigenvalue weighted by Gasteiger charge is -2.12. The van der Waals surface area contributed by atoms with E-state index >= 15 is 0 Å². The summed E-state index contributed by atoms with van der Waals surface area (Å²) in [6.45, 7) is 3.87. The third-order valence-electron chi connectivity index (χ3n) is 4.59. The maximum Gasteiger partial charge on any atom is 0.283 e. The Labute approximate surface area is 161 Å². The van der Waals surface area contributed by atoms with E-state index in [0.29, 0.717) is 23.5 Å². The van der Waals surface area contributed by atoms with Crippen molar-refractivity contribution in [2.75, 3.05) is 10.3 Å². The molecule has 1 heterocycles. The van der Waals surface area contributed by atoms with Crippen molar-refractivity contribution in [3.05, 3.63) is 36.1 Å². The van der Waals surface area contributed by atoms with Crippen molar-refractivity contribution in [2.45, 2.75) is 65.2 Å². The Morgan fingerprint density at radius 1 is 1.11 bits per heavy atom. The Balaban J connectivity index is 1.77. The van der Waals surface area contributed by atoms with Gasteiger partial charge in [0.1, 0.15) is 0 Å². The van der Waals surface area contributed by atoms with E-state index in [1.807, 2.05) is 0 Å². The monoisotopic (exact) mass is 371 g/mol. The standard InChI is InChI=1S/C21H29N3O3/c1-3-4-5-6-7-8-9-10-20(26)22-17-11-13-18(14-12-17)24-21(27)19(15-25)16(2)23-24/h11-15,25H,3-10H2,1-2H3,(H,22,26)/b19-15-. The molecule has 0 spiro atoms. The molecule has 146 valence electrons. The highest BCUT2D eigenvalue weighted by molar-refractivity contribution is 6.29. The SMILES string of the molecule is CCCCCCCCCC(=O)Nc1ccc(N2N=C(C)/C(=C/O)C2=O)cc1. The number of rotatable bonds is 10. The van der Waals surface area contributed by atoms with E-state index in [4.69, 9.17) is 5.11 Å². The van der Waals surface area contributed by atoms with Crippen molar-refractivity contribution in [3.8, 4) is 0 Å². The van der Waals surface area contributed by atoms with E-state index in [1.165, 1.54) is 37.1 Å². The zero-order valence-electron chi connectivity index (χ0n) is 16.2. The van der Waals surface area contributed by atoms with Crippen LogP contribution in [0.5, 0.6) is 0 Å². The normalized spacial score (nSPS) is 15.3. The summed E-state index contributed by atoms with van der Waals surface area (Å²) in [5, 5.41) is 17.4. The summed E-state index contributed by atoms with van der Waals surface area (Å²) >= 11 is 0. The molecule has 0 atom stereocenters. The summed E-state index contributed by atoms with van der Waals surface area (Å²) in [5.74, 6) is -0.362. The maximum absolute atomic E-state index is 12.2. The zero-order valence-corrected chi connectivity index (χ0v) is 16.2. The molecule has 1 aliphatic rings. The predicted molar refractivity (Wildman–Crippen MR) is 109 cm³/mol. The number of anilines is 2. The number of carbonyl (C=O) groups excluding carboxylic acids is 2. The van der Waals surface area contributed by atoms with Crippen LogP contribution in [0.15, 0.2) is 41.2 Å². The second kappa shape index (κ2) is 10.5. The van der Waals surface area contributed by atoms with Crippen molar-refractivity contribution in [2.24, 2.45) is 5.10 Å². The van der Waals surface area contributed by atoms with E-state index < -0.39 is 0 Å². The molecule has 0 saturated carbocycles. The second-order valence-electron chi connectivity index (χ2n) is 6.81. The summed E-state index contributed by atoms with van der Waals surface area (Å²) in [5.41, 5.74) is 1.93. The molecule has 1 aromatic rings. The van der Waals surface area contributed by atoms with Gasteiger partial charge in [0.05, 0.1) is 23.2 Å². The number of nitrogens with one attached hydrogen (secondary N) is 1. The lowest BCUT2D eigenvalue weighted by molar-refractivity contribution is -0.116. The average Bonchev–Trinajstić information content (AvgIpc) is 2.95. The van der Waals surface area contributed by atoms with Gasteiger partial charge in [0.15, 0.2) is 0 Å². The van der Waals surface area contributed by atoms with Gasteiger partial charge in [0.2, 0.25) is 5.91 Å². The molecule has 0 aliphatic carbocycles. The molecule has 0 saturated heterocycles. The van der Waals surface area contributed by atoms with E-state index in [2.05, 4.69) is 17.3 Å². The highest BCUT2D eigenvalue weighted by Crippen LogP contribution is 2.24. The Bertz CT molecular complexity index is 708. The van der Waals surface area contributed by atoms with Crippen LogP contribution in [0.1, 0.15) is 65.2 Å². The van der Waals surface area contributed by atoms with Gasteiger partial charge in [0.25, 0.3) is 5.91 Å². The molecular formula is C21H29N3O3. The van der Waals surface area contributed by atoms with Crippen LogP contribution >= 0.6 is 0 Å². The quantitative estimate of drug-likeness (QED) is 0.347. The minimum atomic E-state index is -0.370. The number of carbonyl (C=O) groups is 2. The Morgan fingerprint density at radius 3 is 2.33 bits per heavy atom. The maximum atomic E-state index is 12.2. The van der Waals surface area contributed by atoms with Gasteiger partial charge < -0.3 is 10.4 Å². The van der Waals surface area contributed by atoms with E-state index in [1.54, 1.807) is 31.2 Å². The molecule has 1 aromatic carbocycles. The lowest BCUT2D eigenvalue weighted by atomic mass is 10.1. The lowest BCUT2D eigenvalue weighted by Crippen LogP contribution is -2.21. The molecular weight excluding hydrogens is 342 g/mol. The number of aliphatic hydroxyl groups excluding tert-OH is 1. The molecule has 6 heteroatoms. The number of hydrazone groups is 1. The van der Waals surface area contributed by atoms with Crippen LogP contribution < -0.4 is 10.3 Å². The van der Waals surface area contributed by atoms with Crippen molar-refractivity contribution in [3.63, 3.8) is 0 Å². The Morgan fingerprint density at radius 2 is 1.74 bits per heavy atom. The van der Waals surface area contributed by atoms with Crippen LogP contribution in [-0.4, -0.2) is 22.6 Å². The number of hydrogen-bond donors (Lipinski definition) is 2. The molecule has 2 amide bonds. The first-order valence-corrected chi connectivity index (χ1v) is 9.71. The van der Waals surface area contributed by atoms with Crippen LogP contribution in [0.4, 0.5) is 11.4 Å². The third kappa shape index (κ3) is 5.94. The van der Waals surface area contributed by atoms with Crippen LogP contribution in [0.3, 0.4) is 0 Å². The van der Waals surface area contributed by atoms with Crippen LogP contribution in [-0.2, 0) is 9.59 Å². The van der Waals surface area contributed by atoms with Crippen molar-refractivity contribution in [1.29, 1.82) is 0 Å². The molecule has 0 bridgehead atoms. The minimum Gasteiger partial charge on any atom is -0.515 e. The fourth-order valence-corrected chi connectivity index (χ4v) is 2.99. The smallest absolute Gasteiger partial charge is 0.283 e. The number of amides is 2. The summed E-state index contributed by atoms with van der Waals surface area (Å²) in [7, 11) is 0. The second-order valence-corrected chi connectivity index (χ2v) is 6.81. The third-order valence-corrected chi connectivity index (χ3v) is 4.59. The molecule has 0 unspecified atom stereocenters.